The van der Waals surface area contributed by atoms with Gasteiger partial charge < -0.3 is 10.5 Å². The highest BCUT2D eigenvalue weighted by molar-refractivity contribution is 6.31. The molecule has 0 aliphatic heterocycles. The molecule has 0 saturated heterocycles. The van der Waals surface area contributed by atoms with E-state index in [1.54, 1.807) is 30.3 Å². The number of rotatable bonds is 3. The summed E-state index contributed by atoms with van der Waals surface area (Å²) in [5, 5.41) is 9.16. The molecule has 106 valence electrons. The molecule has 0 saturated carbocycles. The summed E-state index contributed by atoms with van der Waals surface area (Å²) in [6.07, 6.45) is 0. The molecule has 0 unspecified atom stereocenters. The van der Waals surface area contributed by atoms with Crippen LogP contribution in [0.3, 0.4) is 0 Å². The Bertz CT molecular complexity index is 736. The number of nitrogens with two attached hydrogens (primary N) is 1. The molecule has 0 fully saturated rings. The lowest BCUT2D eigenvalue weighted by atomic mass is 10.1. The Morgan fingerprint density at radius 2 is 2.10 bits per heavy atom. The number of halogens is 1. The number of carbonyl (C=O) groups excluding carboxylic acids is 1. The second-order valence-electron chi connectivity index (χ2n) is 4.57. The predicted molar refractivity (Wildman–Crippen MR) is 80.9 cm³/mol. The van der Waals surface area contributed by atoms with Crippen LogP contribution in [-0.4, -0.2) is 5.97 Å². The first kappa shape index (κ1) is 14.9. The summed E-state index contributed by atoms with van der Waals surface area (Å²) >= 11 is 6.02. The van der Waals surface area contributed by atoms with Gasteiger partial charge >= 0.3 is 5.97 Å². The molecule has 0 amide bonds. The van der Waals surface area contributed by atoms with Crippen molar-refractivity contribution in [2.45, 2.75) is 13.5 Å². The van der Waals surface area contributed by atoms with E-state index >= 15 is 0 Å². The number of hydrogen-bond donors (Lipinski definition) is 1. The Kier molecular flexibility index (Phi) is 4.46. The van der Waals surface area contributed by atoms with E-state index in [0.29, 0.717) is 27.4 Å². The van der Waals surface area contributed by atoms with E-state index in [1.807, 2.05) is 13.0 Å². The minimum Gasteiger partial charge on any atom is -0.457 e. The summed E-state index contributed by atoms with van der Waals surface area (Å²) in [5.74, 6) is -0.470. The highest BCUT2D eigenvalue weighted by Crippen LogP contribution is 2.20. The molecule has 0 spiro atoms. The number of ether oxygens (including phenoxy) is 1. The van der Waals surface area contributed by atoms with Gasteiger partial charge in [-0.3, -0.25) is 0 Å². The molecule has 0 bridgehead atoms. The van der Waals surface area contributed by atoms with Crippen molar-refractivity contribution in [3.63, 3.8) is 0 Å². The summed E-state index contributed by atoms with van der Waals surface area (Å²) in [6.45, 7) is 1.90. The third-order valence-electron chi connectivity index (χ3n) is 3.06. The Hall–Kier alpha value is -2.51. The number of aryl methyl sites for hydroxylation is 1. The van der Waals surface area contributed by atoms with Crippen LogP contribution in [0.5, 0.6) is 0 Å². The van der Waals surface area contributed by atoms with Crippen LogP contribution in [0, 0.1) is 18.3 Å². The molecule has 2 N–H and O–H groups in total. The van der Waals surface area contributed by atoms with Gasteiger partial charge in [0, 0.05) is 16.3 Å². The minimum absolute atomic E-state index is 0.0388. The molecule has 2 aromatic rings. The zero-order valence-corrected chi connectivity index (χ0v) is 12.1. The van der Waals surface area contributed by atoms with Gasteiger partial charge in [-0.2, -0.15) is 5.26 Å². The van der Waals surface area contributed by atoms with Gasteiger partial charge in [-0.15, -0.1) is 0 Å². The van der Waals surface area contributed by atoms with Gasteiger partial charge in [0.25, 0.3) is 0 Å². The molecule has 0 radical (unpaired) electrons. The zero-order valence-electron chi connectivity index (χ0n) is 11.4. The highest BCUT2D eigenvalue weighted by Gasteiger charge is 2.10. The minimum atomic E-state index is -0.470. The van der Waals surface area contributed by atoms with Gasteiger partial charge in [0.2, 0.25) is 0 Å². The highest BCUT2D eigenvalue weighted by atomic mass is 35.5. The van der Waals surface area contributed by atoms with Crippen molar-refractivity contribution >= 4 is 23.3 Å². The number of nitrogen functional groups attached to an aromatic ring is 1. The first-order valence-electron chi connectivity index (χ1n) is 6.23. The Labute approximate surface area is 127 Å². The van der Waals surface area contributed by atoms with Crippen molar-refractivity contribution in [1.82, 2.24) is 0 Å². The monoisotopic (exact) mass is 300 g/mol. The lowest BCUT2D eigenvalue weighted by Gasteiger charge is -2.08. The molecule has 4 nitrogen and oxygen atoms in total. The van der Waals surface area contributed by atoms with Crippen molar-refractivity contribution < 1.29 is 9.53 Å². The third kappa shape index (κ3) is 3.53. The summed E-state index contributed by atoms with van der Waals surface area (Å²) in [5.41, 5.74) is 8.70. The fourth-order valence-electron chi connectivity index (χ4n) is 1.73. The van der Waals surface area contributed by atoms with Gasteiger partial charge in [-0.25, -0.2) is 4.79 Å². The number of anilines is 1. The van der Waals surface area contributed by atoms with Crippen molar-refractivity contribution in [2.75, 3.05) is 5.73 Å². The third-order valence-corrected chi connectivity index (χ3v) is 3.41. The van der Waals surface area contributed by atoms with Crippen LogP contribution in [0.1, 0.15) is 27.0 Å². The average Bonchev–Trinajstić information content (AvgIpc) is 2.48. The fourth-order valence-corrected chi connectivity index (χ4v) is 1.96. The average molecular weight is 301 g/mol. The first-order valence-corrected chi connectivity index (χ1v) is 6.61. The van der Waals surface area contributed by atoms with Gasteiger partial charge in [-0.1, -0.05) is 23.7 Å². The molecule has 21 heavy (non-hydrogen) atoms. The molecule has 0 aromatic heterocycles. The maximum Gasteiger partial charge on any atom is 0.338 e. The van der Waals surface area contributed by atoms with Gasteiger partial charge in [-0.05, 0) is 36.8 Å². The molecule has 0 aliphatic rings. The number of esters is 1. The standard InChI is InChI=1S/C16H13ClN2O2/c1-10-2-4-12(7-15(10)19)16(20)21-9-13-5-3-11(8-18)6-14(13)17/h2-7H,9,19H2,1H3. The van der Waals surface area contributed by atoms with Gasteiger partial charge in [0.05, 0.1) is 17.2 Å². The van der Waals surface area contributed by atoms with E-state index in [9.17, 15) is 4.79 Å². The van der Waals surface area contributed by atoms with Crippen LogP contribution in [0.25, 0.3) is 0 Å². The molecule has 2 rings (SSSR count). The molecule has 0 atom stereocenters. The van der Waals surface area contributed by atoms with E-state index in [0.717, 1.165) is 5.56 Å². The Morgan fingerprint density at radius 1 is 1.33 bits per heavy atom. The molecular weight excluding hydrogens is 288 g/mol. The summed E-state index contributed by atoms with van der Waals surface area (Å²) in [6, 6.07) is 11.8. The molecular formula is C16H13ClN2O2. The van der Waals surface area contributed by atoms with Crippen LogP contribution in [-0.2, 0) is 11.3 Å². The number of nitriles is 1. The van der Waals surface area contributed by atoms with E-state index < -0.39 is 5.97 Å². The van der Waals surface area contributed by atoms with Crippen molar-refractivity contribution in [3.8, 4) is 6.07 Å². The van der Waals surface area contributed by atoms with Crippen LogP contribution >= 0.6 is 11.6 Å². The molecule has 5 heteroatoms. The molecule has 0 heterocycles. The zero-order chi connectivity index (χ0) is 15.4. The molecule has 2 aromatic carbocycles. The lowest BCUT2D eigenvalue weighted by molar-refractivity contribution is 0.0473. The van der Waals surface area contributed by atoms with Crippen LogP contribution < -0.4 is 5.73 Å². The quantitative estimate of drug-likeness (QED) is 0.695. The normalized spacial score (nSPS) is 9.95. The Morgan fingerprint density at radius 3 is 2.71 bits per heavy atom. The smallest absolute Gasteiger partial charge is 0.338 e. The summed E-state index contributed by atoms with van der Waals surface area (Å²) in [4.78, 5) is 11.9. The molecule has 0 aliphatic carbocycles. The predicted octanol–water partition coefficient (Wildman–Crippen LogP) is 3.46. The summed E-state index contributed by atoms with van der Waals surface area (Å²) < 4.78 is 5.20. The van der Waals surface area contributed by atoms with Gasteiger partial charge in [0.1, 0.15) is 6.61 Å². The van der Waals surface area contributed by atoms with E-state index in [2.05, 4.69) is 0 Å². The van der Waals surface area contributed by atoms with Crippen LogP contribution in [0.2, 0.25) is 5.02 Å². The van der Waals surface area contributed by atoms with E-state index in [-0.39, 0.29) is 6.61 Å². The number of benzene rings is 2. The first-order chi connectivity index (χ1) is 10.0. The second-order valence-corrected chi connectivity index (χ2v) is 4.97. The largest absolute Gasteiger partial charge is 0.457 e. The number of carbonyl (C=O) groups is 1. The maximum atomic E-state index is 11.9. The van der Waals surface area contributed by atoms with Crippen molar-refractivity contribution in [3.05, 3.63) is 63.7 Å². The number of hydrogen-bond acceptors (Lipinski definition) is 4. The van der Waals surface area contributed by atoms with E-state index in [1.165, 1.54) is 6.07 Å². The van der Waals surface area contributed by atoms with Crippen molar-refractivity contribution in [2.24, 2.45) is 0 Å². The summed E-state index contributed by atoms with van der Waals surface area (Å²) in [7, 11) is 0. The second kappa shape index (κ2) is 6.29. The number of nitrogens with zero attached hydrogens (tertiary/aromatic N) is 1. The topological polar surface area (TPSA) is 76.1 Å². The fraction of sp³-hybridized carbons (Fsp3) is 0.125. The SMILES string of the molecule is Cc1ccc(C(=O)OCc2ccc(C#N)cc2Cl)cc1N. The van der Waals surface area contributed by atoms with Crippen molar-refractivity contribution in [1.29, 1.82) is 5.26 Å². The van der Waals surface area contributed by atoms with Crippen LogP contribution in [0.15, 0.2) is 36.4 Å². The van der Waals surface area contributed by atoms with Gasteiger partial charge in [0.15, 0.2) is 0 Å². The lowest BCUT2D eigenvalue weighted by Crippen LogP contribution is -2.06. The van der Waals surface area contributed by atoms with E-state index in [4.69, 9.17) is 27.3 Å². The maximum absolute atomic E-state index is 11.9. The Balaban J connectivity index is 2.07. The van der Waals surface area contributed by atoms with Crippen LogP contribution in [0.4, 0.5) is 5.69 Å².